The number of anilines is 1. The first-order valence-corrected chi connectivity index (χ1v) is 10.2. The number of nitrogens with two attached hydrogens (primary N) is 1. The third-order valence-electron chi connectivity index (χ3n) is 4.66. The van der Waals surface area contributed by atoms with E-state index < -0.39 is 33.7 Å². The number of hydrogen-bond acceptors (Lipinski definition) is 5. The summed E-state index contributed by atoms with van der Waals surface area (Å²) in [5.41, 5.74) is 6.89. The van der Waals surface area contributed by atoms with Crippen molar-refractivity contribution in [2.75, 3.05) is 17.6 Å². The summed E-state index contributed by atoms with van der Waals surface area (Å²) in [6.07, 6.45) is 1.08. The summed E-state index contributed by atoms with van der Waals surface area (Å²) < 4.78 is 24.6. The van der Waals surface area contributed by atoms with Crippen LogP contribution in [0.15, 0.2) is 48.5 Å². The van der Waals surface area contributed by atoms with E-state index in [9.17, 15) is 22.8 Å². The first-order valence-electron chi connectivity index (χ1n) is 8.38. The summed E-state index contributed by atoms with van der Waals surface area (Å²) in [5.74, 6) is -3.30. The van der Waals surface area contributed by atoms with E-state index in [0.717, 1.165) is 15.5 Å². The zero-order valence-electron chi connectivity index (χ0n) is 15.3. The fourth-order valence-corrected chi connectivity index (χ4v) is 3.62. The third kappa shape index (κ3) is 3.48. The van der Waals surface area contributed by atoms with Gasteiger partial charge in [-0.2, -0.15) is 0 Å². The van der Waals surface area contributed by atoms with Gasteiger partial charge < -0.3 is 5.73 Å². The third-order valence-corrected chi connectivity index (χ3v) is 5.86. The molecule has 0 aliphatic carbocycles. The molecule has 0 saturated carbocycles. The Hall–Kier alpha value is -3.20. The maximum absolute atomic E-state index is 12.8. The minimum absolute atomic E-state index is 0.110. The monoisotopic (exact) mass is 401 g/mol. The molecule has 2 aromatic carbocycles. The largest absolute Gasteiger partial charge is 0.369 e. The molecule has 2 N–H and O–H groups in total. The van der Waals surface area contributed by atoms with Gasteiger partial charge in [0.15, 0.2) is 0 Å². The van der Waals surface area contributed by atoms with Gasteiger partial charge in [0.25, 0.3) is 5.91 Å². The molecule has 1 aliphatic heterocycles. The molecule has 0 fully saturated rings. The number of nitrogens with zero attached hydrogens (tertiary/aromatic N) is 2. The SMILES string of the molecule is CN(c1cccc(CN2C(=O)c3ccccc3C(C(N)=O)C2=O)c1)S(C)(=O)=O. The van der Waals surface area contributed by atoms with Crippen molar-refractivity contribution in [3.8, 4) is 0 Å². The fraction of sp³-hybridized carbons (Fsp3) is 0.211. The van der Waals surface area contributed by atoms with Crippen LogP contribution in [0.2, 0.25) is 0 Å². The Kier molecular flexibility index (Phi) is 4.95. The highest BCUT2D eigenvalue weighted by Gasteiger charge is 2.41. The van der Waals surface area contributed by atoms with Crippen LogP contribution in [0.3, 0.4) is 0 Å². The van der Waals surface area contributed by atoms with Gasteiger partial charge in [-0.05, 0) is 29.3 Å². The molecule has 3 amide bonds. The highest BCUT2D eigenvalue weighted by Crippen LogP contribution is 2.30. The van der Waals surface area contributed by atoms with Crippen molar-refractivity contribution in [3.63, 3.8) is 0 Å². The molecule has 28 heavy (non-hydrogen) atoms. The number of fused-ring (bicyclic) bond motifs is 1. The van der Waals surface area contributed by atoms with Crippen LogP contribution in [0.1, 0.15) is 27.4 Å². The van der Waals surface area contributed by atoms with Gasteiger partial charge in [0, 0.05) is 12.6 Å². The van der Waals surface area contributed by atoms with E-state index in [1.54, 1.807) is 48.5 Å². The molecule has 2 aromatic rings. The van der Waals surface area contributed by atoms with Gasteiger partial charge in [-0.25, -0.2) is 8.42 Å². The van der Waals surface area contributed by atoms with Crippen molar-refractivity contribution < 1.29 is 22.8 Å². The number of rotatable bonds is 5. The molecule has 1 unspecified atom stereocenters. The Morgan fingerprint density at radius 3 is 2.46 bits per heavy atom. The van der Waals surface area contributed by atoms with Crippen LogP contribution in [0.25, 0.3) is 0 Å². The molecule has 0 bridgehead atoms. The molecule has 9 heteroatoms. The topological polar surface area (TPSA) is 118 Å². The Balaban J connectivity index is 1.98. The number of carbonyl (C=O) groups excluding carboxylic acids is 3. The van der Waals surface area contributed by atoms with E-state index in [-0.39, 0.29) is 12.1 Å². The molecular weight excluding hydrogens is 382 g/mol. The molecule has 0 aromatic heterocycles. The quantitative estimate of drug-likeness (QED) is 0.588. The second kappa shape index (κ2) is 7.08. The molecule has 0 radical (unpaired) electrons. The average molecular weight is 401 g/mol. The molecular formula is C19H19N3O5S. The van der Waals surface area contributed by atoms with Crippen LogP contribution in [0.4, 0.5) is 5.69 Å². The Bertz CT molecular complexity index is 1080. The summed E-state index contributed by atoms with van der Waals surface area (Å²) in [6, 6.07) is 12.8. The van der Waals surface area contributed by atoms with Gasteiger partial charge in [0.05, 0.1) is 18.5 Å². The highest BCUT2D eigenvalue weighted by atomic mass is 32.2. The van der Waals surface area contributed by atoms with Crippen molar-refractivity contribution in [1.82, 2.24) is 4.90 Å². The number of amides is 3. The van der Waals surface area contributed by atoms with Crippen LogP contribution in [-0.2, 0) is 26.2 Å². The standard InChI is InChI=1S/C19H19N3O5S/c1-21(28(2,26)27)13-7-5-6-12(10-13)11-22-18(24)15-9-4-3-8-14(15)16(17(20)23)19(22)25/h3-10,16H,11H2,1-2H3,(H2,20,23). The summed E-state index contributed by atoms with van der Waals surface area (Å²) in [4.78, 5) is 38.5. The van der Waals surface area contributed by atoms with Gasteiger partial charge in [0.2, 0.25) is 21.8 Å². The molecule has 1 atom stereocenters. The lowest BCUT2D eigenvalue weighted by Crippen LogP contribution is -2.48. The van der Waals surface area contributed by atoms with Crippen LogP contribution < -0.4 is 10.0 Å². The lowest BCUT2D eigenvalue weighted by molar-refractivity contribution is -0.136. The van der Waals surface area contributed by atoms with Gasteiger partial charge in [-0.3, -0.25) is 23.6 Å². The second-order valence-corrected chi connectivity index (χ2v) is 8.57. The molecule has 1 heterocycles. The van der Waals surface area contributed by atoms with E-state index in [2.05, 4.69) is 0 Å². The number of sulfonamides is 1. The van der Waals surface area contributed by atoms with Crippen molar-refractivity contribution in [2.24, 2.45) is 5.73 Å². The minimum Gasteiger partial charge on any atom is -0.369 e. The van der Waals surface area contributed by atoms with Crippen LogP contribution >= 0.6 is 0 Å². The summed E-state index contributed by atoms with van der Waals surface area (Å²) >= 11 is 0. The number of primary amides is 1. The number of imide groups is 1. The lowest BCUT2D eigenvalue weighted by Gasteiger charge is -2.31. The Morgan fingerprint density at radius 1 is 1.14 bits per heavy atom. The molecule has 146 valence electrons. The van der Waals surface area contributed by atoms with Gasteiger partial charge in [0.1, 0.15) is 5.92 Å². The maximum Gasteiger partial charge on any atom is 0.261 e. The Morgan fingerprint density at radius 2 is 1.82 bits per heavy atom. The van der Waals surface area contributed by atoms with Crippen molar-refractivity contribution in [3.05, 3.63) is 65.2 Å². The zero-order valence-corrected chi connectivity index (χ0v) is 16.1. The summed E-state index contributed by atoms with van der Waals surface area (Å²) in [5, 5.41) is 0. The van der Waals surface area contributed by atoms with E-state index in [1.807, 2.05) is 0 Å². The predicted octanol–water partition coefficient (Wildman–Crippen LogP) is 0.834. The van der Waals surface area contributed by atoms with Gasteiger partial charge in [-0.1, -0.05) is 30.3 Å². The predicted molar refractivity (Wildman–Crippen MR) is 103 cm³/mol. The normalized spacial score (nSPS) is 16.6. The van der Waals surface area contributed by atoms with Crippen molar-refractivity contribution in [2.45, 2.75) is 12.5 Å². The summed E-state index contributed by atoms with van der Waals surface area (Å²) in [7, 11) is -2.05. The first kappa shape index (κ1) is 19.6. The zero-order chi connectivity index (χ0) is 20.6. The Labute approximate surface area is 162 Å². The minimum atomic E-state index is -3.46. The van der Waals surface area contributed by atoms with Crippen molar-refractivity contribution in [1.29, 1.82) is 0 Å². The number of hydrogen-bond donors (Lipinski definition) is 1. The average Bonchev–Trinajstić information content (AvgIpc) is 2.64. The second-order valence-electron chi connectivity index (χ2n) is 6.55. The van der Waals surface area contributed by atoms with E-state index in [0.29, 0.717) is 16.8 Å². The summed E-state index contributed by atoms with van der Waals surface area (Å²) in [6.45, 7) is -0.110. The molecule has 8 nitrogen and oxygen atoms in total. The lowest BCUT2D eigenvalue weighted by atomic mass is 9.87. The fourth-order valence-electron chi connectivity index (χ4n) is 3.13. The smallest absolute Gasteiger partial charge is 0.261 e. The number of carbonyl (C=O) groups is 3. The van der Waals surface area contributed by atoms with Gasteiger partial charge in [-0.15, -0.1) is 0 Å². The number of benzene rings is 2. The van der Waals surface area contributed by atoms with E-state index in [4.69, 9.17) is 5.73 Å². The van der Waals surface area contributed by atoms with Crippen LogP contribution in [0, 0.1) is 0 Å². The van der Waals surface area contributed by atoms with E-state index >= 15 is 0 Å². The molecule has 0 spiro atoms. The van der Waals surface area contributed by atoms with Crippen LogP contribution in [-0.4, -0.2) is 44.3 Å². The van der Waals surface area contributed by atoms with Crippen molar-refractivity contribution >= 4 is 33.4 Å². The van der Waals surface area contributed by atoms with E-state index in [1.165, 1.54) is 7.05 Å². The molecule has 3 rings (SSSR count). The van der Waals surface area contributed by atoms with Gasteiger partial charge >= 0.3 is 0 Å². The molecule has 1 aliphatic rings. The van der Waals surface area contributed by atoms with Crippen LogP contribution in [0.5, 0.6) is 0 Å². The first-order chi connectivity index (χ1) is 13.1. The highest BCUT2D eigenvalue weighted by molar-refractivity contribution is 7.92. The maximum atomic E-state index is 12.8. The molecule has 0 saturated heterocycles.